The molecular formula is C12H8F8O8S2-2. The van der Waals surface area contributed by atoms with E-state index in [2.05, 4.69) is 18.8 Å². The number of hydrogen-bond acceptors (Lipinski definition) is 9. The van der Waals surface area contributed by atoms with Gasteiger partial charge < -0.3 is 19.3 Å². The van der Waals surface area contributed by atoms with Gasteiger partial charge in [0.1, 0.15) is 12.0 Å². The highest BCUT2D eigenvalue weighted by Gasteiger charge is 2.63. The van der Waals surface area contributed by atoms with E-state index in [1.165, 1.54) is 0 Å². The summed E-state index contributed by atoms with van der Waals surface area (Å²) in [5.41, 5.74) is -0.536. The second-order valence-electron chi connectivity index (χ2n) is 5.13. The summed E-state index contributed by atoms with van der Waals surface area (Å²) >= 11 is -1.32. The summed E-state index contributed by atoms with van der Waals surface area (Å²) < 4.78 is 146. The van der Waals surface area contributed by atoms with Crippen LogP contribution in [0.2, 0.25) is 0 Å². The smallest absolute Gasteiger partial charge is 0.434 e. The molecule has 0 heterocycles. The second-order valence-corrected chi connectivity index (χ2v) is 7.37. The molecule has 0 aliphatic carbocycles. The average molecular weight is 496 g/mol. The van der Waals surface area contributed by atoms with Gasteiger partial charge in [0.2, 0.25) is 0 Å². The van der Waals surface area contributed by atoms with E-state index in [-0.39, 0.29) is 11.1 Å². The van der Waals surface area contributed by atoms with Gasteiger partial charge in [-0.3, -0.25) is 5.04 Å². The molecule has 174 valence electrons. The molecule has 8 nitrogen and oxygen atoms in total. The van der Waals surface area contributed by atoms with E-state index in [4.69, 9.17) is 0 Å². The van der Waals surface area contributed by atoms with Crippen LogP contribution >= 0.6 is 12.0 Å². The minimum absolute atomic E-state index is 0.223. The Morgan fingerprint density at radius 1 is 0.833 bits per heavy atom. The monoisotopic (exact) mass is 496 g/mol. The van der Waals surface area contributed by atoms with Crippen LogP contribution in [0.25, 0.3) is 0 Å². The summed E-state index contributed by atoms with van der Waals surface area (Å²) in [6.45, 7) is -2.50. The Morgan fingerprint density at radius 3 is 1.60 bits per heavy atom. The first-order valence-electron chi connectivity index (χ1n) is 6.93. The molecule has 1 aromatic rings. The number of alkyl halides is 8. The van der Waals surface area contributed by atoms with Crippen LogP contribution in [-0.2, 0) is 42.2 Å². The van der Waals surface area contributed by atoms with Crippen LogP contribution in [0.1, 0.15) is 11.1 Å². The summed E-state index contributed by atoms with van der Waals surface area (Å²) in [6, 6.07) is 3.44. The quantitative estimate of drug-likeness (QED) is 0.141. The van der Waals surface area contributed by atoms with Crippen molar-refractivity contribution in [2.45, 2.75) is 35.9 Å². The fourth-order valence-electron chi connectivity index (χ4n) is 1.50. The lowest BCUT2D eigenvalue weighted by Crippen LogP contribution is -2.48. The van der Waals surface area contributed by atoms with Crippen molar-refractivity contribution in [3.05, 3.63) is 35.4 Å². The van der Waals surface area contributed by atoms with E-state index < -0.39 is 58.1 Å². The van der Waals surface area contributed by atoms with Crippen molar-refractivity contribution in [1.29, 1.82) is 0 Å². The van der Waals surface area contributed by atoms with Crippen molar-refractivity contribution in [2.75, 3.05) is 0 Å². The molecule has 0 spiro atoms. The Labute approximate surface area is 166 Å². The van der Waals surface area contributed by atoms with Crippen molar-refractivity contribution in [1.82, 2.24) is 0 Å². The predicted molar refractivity (Wildman–Crippen MR) is 75.3 cm³/mol. The van der Waals surface area contributed by atoms with Crippen LogP contribution in [0.3, 0.4) is 0 Å². The Morgan fingerprint density at radius 2 is 1.23 bits per heavy atom. The molecule has 0 aromatic heterocycles. The molecule has 0 amide bonds. The fraction of sp³-hybridized carbons (Fsp3) is 0.500. The Bertz CT molecular complexity index is 803. The lowest BCUT2D eigenvalue weighted by Gasteiger charge is -2.27. The van der Waals surface area contributed by atoms with Gasteiger partial charge in [0.25, 0.3) is 0 Å². The van der Waals surface area contributed by atoms with Crippen LogP contribution in [-0.4, -0.2) is 35.7 Å². The summed E-state index contributed by atoms with van der Waals surface area (Å²) in [4.78, 5) is 0. The third-order valence-electron chi connectivity index (χ3n) is 3.02. The highest BCUT2D eigenvalue weighted by molar-refractivity contribution is 7.95. The minimum atomic E-state index is -6.75. The Hall–Kier alpha value is -1.28. The molecule has 1 aromatic carbocycles. The van der Waals surface area contributed by atoms with Gasteiger partial charge in [-0.05, 0) is 11.1 Å². The molecular weight excluding hydrogens is 488 g/mol. The first kappa shape index (κ1) is 26.8. The van der Waals surface area contributed by atoms with Crippen LogP contribution in [0.4, 0.5) is 35.1 Å². The number of rotatable bonds is 12. The molecule has 0 unspecified atom stereocenters. The van der Waals surface area contributed by atoms with Gasteiger partial charge >= 0.3 is 22.7 Å². The van der Waals surface area contributed by atoms with Gasteiger partial charge in [0, 0.05) is 0 Å². The third-order valence-corrected chi connectivity index (χ3v) is 4.46. The largest absolute Gasteiger partial charge is 0.743 e. The summed E-state index contributed by atoms with van der Waals surface area (Å²) in [7, 11) is -6.75. The van der Waals surface area contributed by atoms with Crippen molar-refractivity contribution < 1.29 is 72.2 Å². The van der Waals surface area contributed by atoms with Gasteiger partial charge in [0.15, 0.2) is 10.1 Å². The van der Waals surface area contributed by atoms with E-state index >= 15 is 0 Å². The lowest BCUT2D eigenvalue weighted by molar-refractivity contribution is -0.777. The normalized spacial score (nSPS) is 14.2. The summed E-state index contributed by atoms with van der Waals surface area (Å²) in [5.74, 6) is 0. The van der Waals surface area contributed by atoms with Crippen LogP contribution in [0, 0.1) is 0 Å². The van der Waals surface area contributed by atoms with Crippen molar-refractivity contribution >= 4 is 22.2 Å². The van der Waals surface area contributed by atoms with E-state index in [9.17, 15) is 53.4 Å². The first-order valence-corrected chi connectivity index (χ1v) is 9.08. The predicted octanol–water partition coefficient (Wildman–Crippen LogP) is 2.51. The Kier molecular flexibility index (Phi) is 8.44. The van der Waals surface area contributed by atoms with Gasteiger partial charge in [0.05, 0.1) is 13.2 Å². The van der Waals surface area contributed by atoms with Gasteiger partial charge in [-0.1, -0.05) is 24.3 Å². The van der Waals surface area contributed by atoms with E-state index in [0.29, 0.717) is 0 Å². The molecule has 1 rings (SSSR count). The summed E-state index contributed by atoms with van der Waals surface area (Å²) in [6.07, 6.45) is -10.8. The highest BCUT2D eigenvalue weighted by Crippen LogP contribution is 2.45. The van der Waals surface area contributed by atoms with Crippen LogP contribution in [0.15, 0.2) is 24.3 Å². The molecule has 0 radical (unpaired) electrons. The third kappa shape index (κ3) is 6.36. The van der Waals surface area contributed by atoms with E-state index in [1.54, 1.807) is 0 Å². The maximum atomic E-state index is 13.3. The van der Waals surface area contributed by atoms with Crippen molar-refractivity contribution in [3.8, 4) is 0 Å². The molecule has 0 saturated carbocycles. The zero-order valence-electron chi connectivity index (χ0n) is 13.8. The van der Waals surface area contributed by atoms with Crippen molar-refractivity contribution in [3.63, 3.8) is 0 Å². The molecule has 0 saturated heterocycles. The van der Waals surface area contributed by atoms with Gasteiger partial charge in [-0.25, -0.2) is 8.42 Å². The van der Waals surface area contributed by atoms with Crippen molar-refractivity contribution in [2.24, 2.45) is 0 Å². The van der Waals surface area contributed by atoms with Crippen LogP contribution in [0.5, 0.6) is 0 Å². The van der Waals surface area contributed by atoms with E-state index in [1.807, 2.05) is 0 Å². The molecule has 30 heavy (non-hydrogen) atoms. The highest BCUT2D eigenvalue weighted by atomic mass is 32.2. The Balaban J connectivity index is 2.72. The molecule has 0 aliphatic rings. The minimum Gasteiger partial charge on any atom is -0.743 e. The van der Waals surface area contributed by atoms with Gasteiger partial charge in [-0.15, -0.1) is 0 Å². The average Bonchev–Trinajstić information content (AvgIpc) is 2.62. The zero-order valence-corrected chi connectivity index (χ0v) is 15.5. The second kappa shape index (κ2) is 9.47. The molecule has 0 fully saturated rings. The molecule has 0 aliphatic heterocycles. The van der Waals surface area contributed by atoms with Crippen LogP contribution < -0.4 is 5.26 Å². The fourth-order valence-corrected chi connectivity index (χ4v) is 2.12. The number of hydrogen-bond donors (Lipinski definition) is 0. The standard InChI is InChI=1S/C12H10F8O8S2/c13-9(14,11(17,18)29-28-27-21)25-5-7-1-3-8(4-2-7)6-26-10(15,16)12(19,20)30(22,23)24/h1-4,21H,5-6H2,(H,22,23,24)/p-2. The molecule has 18 heteroatoms. The lowest BCUT2D eigenvalue weighted by atomic mass is 10.1. The maximum Gasteiger partial charge on any atom is 0.434 e. The molecule has 0 bridgehead atoms. The first-order chi connectivity index (χ1) is 13.5. The number of benzene rings is 1. The van der Waals surface area contributed by atoms with E-state index in [0.717, 1.165) is 24.3 Å². The summed E-state index contributed by atoms with van der Waals surface area (Å²) in [5, 5.41) is 0.840. The molecule has 0 N–H and O–H groups in total. The zero-order chi connectivity index (χ0) is 23.4. The van der Waals surface area contributed by atoms with Gasteiger partial charge in [-0.2, -0.15) is 39.5 Å². The SMILES string of the molecule is O=S(=O)([O-])C(F)(F)C(F)(F)OCc1ccc(COC(F)(F)C(F)(F)SOO[O-])cc1. The number of ether oxygens (including phenoxy) is 2. The topological polar surface area (TPSA) is 117 Å². The maximum absolute atomic E-state index is 13.3. The number of halogens is 8. The molecule has 0 atom stereocenters.